The zero-order chi connectivity index (χ0) is 31.5. The standard InChI is InChI=1S/C44H34N2Si/c1-47(2)43-20-12-10-18-38(43)39-27-25-36(30-44(39)47)45(34-23-21-32(22-24-34)31-13-5-3-6-14-31)35-26-28-42-40(29-35)37-17-9-11-19-41(37)46(42)33-15-7-4-8-16-33/h3-30H,1-2H3. The maximum absolute atomic E-state index is 2.49. The summed E-state index contributed by atoms with van der Waals surface area (Å²) in [6.07, 6.45) is 0. The van der Waals surface area contributed by atoms with Gasteiger partial charge < -0.3 is 9.47 Å². The fourth-order valence-electron chi connectivity index (χ4n) is 7.67. The second kappa shape index (κ2) is 10.7. The third kappa shape index (κ3) is 4.39. The van der Waals surface area contributed by atoms with Crippen molar-refractivity contribution >= 4 is 57.3 Å². The van der Waals surface area contributed by atoms with Crippen molar-refractivity contribution in [2.75, 3.05) is 4.90 Å². The summed E-state index contributed by atoms with van der Waals surface area (Å²) in [5.41, 5.74) is 12.3. The smallest absolute Gasteiger partial charge is 0.113 e. The number of hydrogen-bond acceptors (Lipinski definition) is 1. The maximum atomic E-state index is 2.49. The lowest BCUT2D eigenvalue weighted by molar-refractivity contribution is 1.18. The highest BCUT2D eigenvalue weighted by Crippen LogP contribution is 2.41. The van der Waals surface area contributed by atoms with Gasteiger partial charge in [0.1, 0.15) is 8.07 Å². The Morgan fingerprint density at radius 1 is 0.426 bits per heavy atom. The van der Waals surface area contributed by atoms with Crippen molar-refractivity contribution in [1.82, 2.24) is 4.57 Å². The van der Waals surface area contributed by atoms with Gasteiger partial charge in [-0.25, -0.2) is 0 Å². The van der Waals surface area contributed by atoms with E-state index in [4.69, 9.17) is 0 Å². The van der Waals surface area contributed by atoms with Gasteiger partial charge in [-0.3, -0.25) is 0 Å². The molecule has 0 aliphatic carbocycles. The number of rotatable bonds is 5. The molecule has 224 valence electrons. The molecule has 0 saturated carbocycles. The van der Waals surface area contributed by atoms with Gasteiger partial charge in [0.05, 0.1) is 11.0 Å². The molecule has 0 fully saturated rings. The van der Waals surface area contributed by atoms with Gasteiger partial charge in [-0.05, 0) is 93.3 Å². The highest BCUT2D eigenvalue weighted by molar-refractivity contribution is 7.03. The van der Waals surface area contributed by atoms with Gasteiger partial charge in [-0.15, -0.1) is 0 Å². The van der Waals surface area contributed by atoms with Crippen LogP contribution in [0.2, 0.25) is 13.1 Å². The molecule has 0 unspecified atom stereocenters. The first-order chi connectivity index (χ1) is 23.1. The van der Waals surface area contributed by atoms with Crippen molar-refractivity contribution in [3.63, 3.8) is 0 Å². The lowest BCUT2D eigenvalue weighted by Crippen LogP contribution is -2.49. The Balaban J connectivity index is 1.25. The average Bonchev–Trinajstić information content (AvgIpc) is 3.58. The molecule has 0 radical (unpaired) electrons. The molecule has 47 heavy (non-hydrogen) atoms. The van der Waals surface area contributed by atoms with E-state index in [9.17, 15) is 0 Å². The van der Waals surface area contributed by atoms with E-state index in [2.05, 4.69) is 192 Å². The molecule has 0 spiro atoms. The Morgan fingerprint density at radius 3 is 1.81 bits per heavy atom. The summed E-state index contributed by atoms with van der Waals surface area (Å²) in [7, 11) is -1.86. The minimum atomic E-state index is -1.86. The summed E-state index contributed by atoms with van der Waals surface area (Å²) < 4.78 is 2.38. The minimum absolute atomic E-state index is 1.14. The predicted octanol–water partition coefficient (Wildman–Crippen LogP) is 10.7. The van der Waals surface area contributed by atoms with E-state index in [1.807, 2.05) is 0 Å². The highest BCUT2D eigenvalue weighted by atomic mass is 28.3. The maximum Gasteiger partial charge on any atom is 0.113 e. The predicted molar refractivity (Wildman–Crippen MR) is 203 cm³/mol. The minimum Gasteiger partial charge on any atom is -0.310 e. The van der Waals surface area contributed by atoms with Crippen LogP contribution in [0.25, 0.3) is 49.7 Å². The molecule has 1 aliphatic rings. The van der Waals surface area contributed by atoms with E-state index in [1.54, 1.807) is 0 Å². The van der Waals surface area contributed by atoms with Crippen molar-refractivity contribution in [2.24, 2.45) is 0 Å². The van der Waals surface area contributed by atoms with Gasteiger partial charge in [0.15, 0.2) is 0 Å². The zero-order valence-electron chi connectivity index (χ0n) is 26.6. The average molecular weight is 619 g/mol. The molecule has 7 aromatic carbocycles. The molecule has 0 saturated heterocycles. The highest BCUT2D eigenvalue weighted by Gasteiger charge is 2.37. The molecule has 0 atom stereocenters. The van der Waals surface area contributed by atoms with E-state index < -0.39 is 8.07 Å². The Bertz CT molecular complexity index is 2420. The normalized spacial score (nSPS) is 13.1. The van der Waals surface area contributed by atoms with Crippen molar-refractivity contribution < 1.29 is 0 Å². The SMILES string of the molecule is C[Si]1(C)c2ccccc2-c2ccc(N(c3ccc(-c4ccccc4)cc3)c3ccc4c(c3)c3ccccc3n4-c3ccccc3)cc21. The van der Waals surface area contributed by atoms with Crippen LogP contribution >= 0.6 is 0 Å². The molecule has 8 aromatic rings. The van der Waals surface area contributed by atoms with Crippen LogP contribution in [0.4, 0.5) is 17.1 Å². The third-order valence-corrected chi connectivity index (χ3v) is 13.5. The van der Waals surface area contributed by atoms with Crippen molar-refractivity contribution in [1.29, 1.82) is 0 Å². The van der Waals surface area contributed by atoms with Gasteiger partial charge in [-0.1, -0.05) is 122 Å². The largest absolute Gasteiger partial charge is 0.310 e. The summed E-state index contributed by atoms with van der Waals surface area (Å²) in [5, 5.41) is 5.53. The fraction of sp³-hybridized carbons (Fsp3) is 0.0455. The van der Waals surface area contributed by atoms with Crippen LogP contribution in [0.15, 0.2) is 170 Å². The van der Waals surface area contributed by atoms with Crippen molar-refractivity contribution in [3.05, 3.63) is 170 Å². The molecule has 1 aliphatic heterocycles. The molecule has 0 N–H and O–H groups in total. The van der Waals surface area contributed by atoms with Gasteiger partial charge in [0.2, 0.25) is 0 Å². The lowest BCUT2D eigenvalue weighted by Gasteiger charge is -2.28. The monoisotopic (exact) mass is 618 g/mol. The Labute approximate surface area is 276 Å². The summed E-state index contributed by atoms with van der Waals surface area (Å²) in [4.78, 5) is 2.44. The second-order valence-corrected chi connectivity index (χ2v) is 17.4. The molecule has 0 bridgehead atoms. The van der Waals surface area contributed by atoms with Gasteiger partial charge in [0, 0.05) is 33.5 Å². The number of hydrogen-bond donors (Lipinski definition) is 0. The Kier molecular flexibility index (Phi) is 6.31. The van der Waals surface area contributed by atoms with Crippen LogP contribution in [-0.4, -0.2) is 12.6 Å². The second-order valence-electron chi connectivity index (χ2n) is 13.0. The van der Waals surface area contributed by atoms with Crippen LogP contribution < -0.4 is 15.3 Å². The van der Waals surface area contributed by atoms with Crippen LogP contribution in [0, 0.1) is 0 Å². The number of anilines is 3. The van der Waals surface area contributed by atoms with Crippen molar-refractivity contribution in [3.8, 4) is 27.9 Å². The number of nitrogens with zero attached hydrogens (tertiary/aromatic N) is 2. The summed E-state index contributed by atoms with van der Waals surface area (Å²) in [6.45, 7) is 4.98. The van der Waals surface area contributed by atoms with E-state index >= 15 is 0 Å². The van der Waals surface area contributed by atoms with Crippen LogP contribution in [0.1, 0.15) is 0 Å². The fourth-order valence-corrected chi connectivity index (χ4v) is 10.8. The van der Waals surface area contributed by atoms with E-state index in [1.165, 1.54) is 65.8 Å². The third-order valence-electron chi connectivity index (χ3n) is 9.99. The number of fused-ring (bicyclic) bond motifs is 6. The molecule has 3 heteroatoms. The summed E-state index contributed by atoms with van der Waals surface area (Å²) in [5.74, 6) is 0. The van der Waals surface area contributed by atoms with Crippen LogP contribution in [-0.2, 0) is 0 Å². The van der Waals surface area contributed by atoms with E-state index in [-0.39, 0.29) is 0 Å². The number of para-hydroxylation sites is 2. The summed E-state index contributed by atoms with van der Waals surface area (Å²) >= 11 is 0. The first-order valence-corrected chi connectivity index (χ1v) is 19.4. The van der Waals surface area contributed by atoms with Gasteiger partial charge >= 0.3 is 0 Å². The molecule has 1 aromatic heterocycles. The van der Waals surface area contributed by atoms with E-state index in [0.29, 0.717) is 0 Å². The van der Waals surface area contributed by atoms with Crippen molar-refractivity contribution in [2.45, 2.75) is 13.1 Å². The Hall–Kier alpha value is -5.64. The molecular weight excluding hydrogens is 585 g/mol. The summed E-state index contributed by atoms with van der Waals surface area (Å²) in [6, 6.07) is 62.2. The number of benzene rings is 7. The molecule has 0 amide bonds. The Morgan fingerprint density at radius 2 is 1.00 bits per heavy atom. The quantitative estimate of drug-likeness (QED) is 0.174. The molecular formula is C44H34N2Si. The van der Waals surface area contributed by atoms with Crippen LogP contribution in [0.5, 0.6) is 0 Å². The van der Waals surface area contributed by atoms with E-state index in [0.717, 1.165) is 11.4 Å². The molecule has 2 heterocycles. The topological polar surface area (TPSA) is 8.17 Å². The first kappa shape index (κ1) is 27.6. The first-order valence-electron chi connectivity index (χ1n) is 16.4. The number of aromatic nitrogens is 1. The van der Waals surface area contributed by atoms with Gasteiger partial charge in [-0.2, -0.15) is 0 Å². The van der Waals surface area contributed by atoms with Crippen LogP contribution in [0.3, 0.4) is 0 Å². The molecule has 9 rings (SSSR count). The molecule has 2 nitrogen and oxygen atoms in total. The lowest BCUT2D eigenvalue weighted by atomic mass is 10.0. The van der Waals surface area contributed by atoms with Gasteiger partial charge in [0.25, 0.3) is 0 Å². The zero-order valence-corrected chi connectivity index (χ0v) is 27.6.